The molecule has 0 aromatic heterocycles. The van der Waals surface area contributed by atoms with Crippen molar-refractivity contribution in [1.82, 2.24) is 5.43 Å². The highest BCUT2D eigenvalue weighted by Gasteiger charge is 2.26. The predicted molar refractivity (Wildman–Crippen MR) is 53.3 cm³/mol. The maximum atomic E-state index is 10.6. The molecule has 0 aliphatic carbocycles. The van der Waals surface area contributed by atoms with Crippen molar-refractivity contribution in [3.8, 4) is 0 Å². The van der Waals surface area contributed by atoms with E-state index in [1.54, 1.807) is 0 Å². The first-order valence-corrected chi connectivity index (χ1v) is 4.19. The first-order chi connectivity index (χ1) is 6.40. The van der Waals surface area contributed by atoms with E-state index < -0.39 is 11.5 Å². The molecule has 0 fully saturated rings. The van der Waals surface area contributed by atoms with Gasteiger partial charge in [-0.25, -0.2) is 5.84 Å². The van der Waals surface area contributed by atoms with Gasteiger partial charge in [0.25, 0.3) is 0 Å². The molecule has 0 aliphatic rings. The van der Waals surface area contributed by atoms with E-state index in [0.29, 0.717) is 19.4 Å². The zero-order valence-corrected chi connectivity index (χ0v) is 8.16. The van der Waals surface area contributed by atoms with Crippen molar-refractivity contribution in [2.45, 2.75) is 25.3 Å². The van der Waals surface area contributed by atoms with Crippen LogP contribution in [0.15, 0.2) is 4.99 Å². The molecule has 0 heterocycles. The van der Waals surface area contributed by atoms with Gasteiger partial charge in [-0.1, -0.05) is 0 Å². The van der Waals surface area contributed by atoms with E-state index in [0.717, 1.165) is 0 Å². The third kappa shape index (κ3) is 4.63. The van der Waals surface area contributed by atoms with Crippen molar-refractivity contribution in [2.75, 3.05) is 6.54 Å². The third-order valence-corrected chi connectivity index (χ3v) is 1.77. The lowest BCUT2D eigenvalue weighted by molar-refractivity contribution is -0.142. The Kier molecular flexibility index (Phi) is 4.89. The van der Waals surface area contributed by atoms with Gasteiger partial charge < -0.3 is 16.6 Å². The number of hydrogen-bond donors (Lipinski definition) is 5. The van der Waals surface area contributed by atoms with Crippen molar-refractivity contribution in [3.63, 3.8) is 0 Å². The van der Waals surface area contributed by atoms with Gasteiger partial charge in [0.05, 0.1) is 0 Å². The van der Waals surface area contributed by atoms with Gasteiger partial charge in [0, 0.05) is 6.54 Å². The van der Waals surface area contributed by atoms with Crippen LogP contribution >= 0.6 is 0 Å². The van der Waals surface area contributed by atoms with E-state index in [-0.39, 0.29) is 5.96 Å². The van der Waals surface area contributed by atoms with Crippen LogP contribution in [0.3, 0.4) is 0 Å². The zero-order chi connectivity index (χ0) is 11.2. The minimum atomic E-state index is -1.21. The summed E-state index contributed by atoms with van der Waals surface area (Å²) in [6.45, 7) is 1.86. The molecular weight excluding hydrogens is 186 g/mol. The molecular formula is C7H17N5O2. The standard InChI is InChI=1S/C7H17N5O2/c1-7(9,5(13)14)3-2-4-11-6(8)12-10/h2-4,9-10H2,1H3,(H,13,14)(H3,8,11,12)/t7-/m0/s1. The first-order valence-electron chi connectivity index (χ1n) is 4.19. The lowest BCUT2D eigenvalue weighted by Gasteiger charge is -2.17. The lowest BCUT2D eigenvalue weighted by atomic mass is 9.98. The van der Waals surface area contributed by atoms with Crippen molar-refractivity contribution >= 4 is 11.9 Å². The molecule has 0 rings (SSSR count). The molecule has 8 N–H and O–H groups in total. The molecule has 0 aromatic carbocycles. The Morgan fingerprint density at radius 1 is 1.64 bits per heavy atom. The van der Waals surface area contributed by atoms with Gasteiger partial charge >= 0.3 is 5.97 Å². The van der Waals surface area contributed by atoms with Crippen LogP contribution in [0.4, 0.5) is 0 Å². The number of nitrogens with two attached hydrogens (primary N) is 3. The van der Waals surface area contributed by atoms with Crippen LogP contribution in [0.2, 0.25) is 0 Å². The second-order valence-corrected chi connectivity index (χ2v) is 3.24. The maximum Gasteiger partial charge on any atom is 0.323 e. The minimum absolute atomic E-state index is 0.124. The van der Waals surface area contributed by atoms with Crippen molar-refractivity contribution in [1.29, 1.82) is 0 Å². The summed E-state index contributed by atoms with van der Waals surface area (Å²) in [6.07, 6.45) is 0.880. The Balaban J connectivity index is 3.80. The predicted octanol–water partition coefficient (Wildman–Crippen LogP) is -1.65. The van der Waals surface area contributed by atoms with Crippen LogP contribution in [0.1, 0.15) is 19.8 Å². The minimum Gasteiger partial charge on any atom is -0.480 e. The number of hydrazine groups is 1. The molecule has 0 radical (unpaired) electrons. The summed E-state index contributed by atoms with van der Waals surface area (Å²) in [5.41, 5.74) is 11.7. The van der Waals surface area contributed by atoms with Crippen LogP contribution in [-0.4, -0.2) is 29.1 Å². The number of carboxylic acid groups (broad SMARTS) is 1. The summed E-state index contributed by atoms with van der Waals surface area (Å²) < 4.78 is 0. The van der Waals surface area contributed by atoms with Gasteiger partial charge in [-0.15, -0.1) is 0 Å². The number of nitrogens with one attached hydrogen (secondary N) is 1. The highest BCUT2D eigenvalue weighted by atomic mass is 16.4. The fourth-order valence-corrected chi connectivity index (χ4v) is 0.798. The number of carboxylic acids is 1. The molecule has 0 aliphatic heterocycles. The van der Waals surface area contributed by atoms with E-state index in [2.05, 4.69) is 10.4 Å². The molecule has 7 nitrogen and oxygen atoms in total. The summed E-state index contributed by atoms with van der Waals surface area (Å²) in [6, 6.07) is 0. The Morgan fingerprint density at radius 2 is 2.21 bits per heavy atom. The van der Waals surface area contributed by atoms with Gasteiger partial charge in [0.2, 0.25) is 5.96 Å². The van der Waals surface area contributed by atoms with Crippen molar-refractivity contribution in [3.05, 3.63) is 0 Å². The lowest BCUT2D eigenvalue weighted by Crippen LogP contribution is -2.44. The summed E-state index contributed by atoms with van der Waals surface area (Å²) in [4.78, 5) is 14.4. The number of aliphatic imine (C=N–C) groups is 1. The number of nitrogens with zero attached hydrogens (tertiary/aromatic N) is 1. The smallest absolute Gasteiger partial charge is 0.323 e. The van der Waals surface area contributed by atoms with E-state index in [1.165, 1.54) is 6.92 Å². The number of carbonyl (C=O) groups is 1. The average molecular weight is 203 g/mol. The summed E-state index contributed by atoms with van der Waals surface area (Å²) >= 11 is 0. The first kappa shape index (κ1) is 12.7. The summed E-state index contributed by atoms with van der Waals surface area (Å²) in [5.74, 6) is 4.07. The zero-order valence-electron chi connectivity index (χ0n) is 8.16. The number of guanidine groups is 1. The summed E-state index contributed by atoms with van der Waals surface area (Å²) in [7, 11) is 0. The van der Waals surface area contributed by atoms with Gasteiger partial charge in [-0.05, 0) is 19.8 Å². The highest BCUT2D eigenvalue weighted by molar-refractivity contribution is 5.78. The van der Waals surface area contributed by atoms with Crippen LogP contribution in [0.25, 0.3) is 0 Å². The van der Waals surface area contributed by atoms with Gasteiger partial charge in [-0.3, -0.25) is 15.2 Å². The quantitative estimate of drug-likeness (QED) is 0.119. The van der Waals surface area contributed by atoms with E-state index in [1.807, 2.05) is 0 Å². The number of aliphatic carboxylic acids is 1. The Bertz CT molecular complexity index is 226. The topological polar surface area (TPSA) is 140 Å². The number of rotatable bonds is 5. The van der Waals surface area contributed by atoms with Crippen LogP contribution in [0.5, 0.6) is 0 Å². The van der Waals surface area contributed by atoms with E-state index in [9.17, 15) is 4.79 Å². The molecule has 0 saturated carbocycles. The van der Waals surface area contributed by atoms with Crippen molar-refractivity contribution in [2.24, 2.45) is 22.3 Å². The molecule has 0 spiro atoms. The number of hydrogen-bond acceptors (Lipinski definition) is 4. The highest BCUT2D eigenvalue weighted by Crippen LogP contribution is 2.08. The molecule has 1 atom stereocenters. The largest absolute Gasteiger partial charge is 0.480 e. The Morgan fingerprint density at radius 3 is 2.64 bits per heavy atom. The molecule has 0 amide bonds. The maximum absolute atomic E-state index is 10.6. The third-order valence-electron chi connectivity index (χ3n) is 1.77. The normalized spacial score (nSPS) is 16.1. The van der Waals surface area contributed by atoms with Gasteiger partial charge in [-0.2, -0.15) is 0 Å². The fraction of sp³-hybridized carbons (Fsp3) is 0.714. The van der Waals surface area contributed by atoms with Gasteiger partial charge in [0.1, 0.15) is 5.54 Å². The molecule has 0 unspecified atom stereocenters. The summed E-state index contributed by atoms with van der Waals surface area (Å²) in [5, 5.41) is 8.68. The van der Waals surface area contributed by atoms with Crippen LogP contribution in [0, 0.1) is 0 Å². The molecule has 0 bridgehead atoms. The second-order valence-electron chi connectivity index (χ2n) is 3.24. The fourth-order valence-electron chi connectivity index (χ4n) is 0.798. The molecule has 7 heteroatoms. The Hall–Kier alpha value is -1.34. The van der Waals surface area contributed by atoms with Gasteiger partial charge in [0.15, 0.2) is 0 Å². The molecule has 0 aromatic rings. The molecule has 0 saturated heterocycles. The van der Waals surface area contributed by atoms with Crippen LogP contribution < -0.4 is 22.7 Å². The molecule has 82 valence electrons. The molecule has 14 heavy (non-hydrogen) atoms. The van der Waals surface area contributed by atoms with E-state index in [4.69, 9.17) is 22.4 Å². The van der Waals surface area contributed by atoms with Crippen LogP contribution in [-0.2, 0) is 4.79 Å². The Labute approximate surface area is 82.3 Å². The van der Waals surface area contributed by atoms with E-state index >= 15 is 0 Å². The monoisotopic (exact) mass is 203 g/mol. The SMILES string of the molecule is C[C@](N)(CCCN=C(N)NN)C(=O)O. The van der Waals surface area contributed by atoms with Crippen molar-refractivity contribution < 1.29 is 9.90 Å². The average Bonchev–Trinajstić information content (AvgIpc) is 2.11. The second kappa shape index (κ2) is 5.40.